The highest BCUT2D eigenvalue weighted by atomic mass is 19.1. The number of rotatable bonds is 3. The van der Waals surface area contributed by atoms with E-state index in [2.05, 4.69) is 10.3 Å². The van der Waals surface area contributed by atoms with Crippen LogP contribution in [0.1, 0.15) is 28.9 Å². The molecule has 4 nitrogen and oxygen atoms in total. The van der Waals surface area contributed by atoms with Gasteiger partial charge in [-0.15, -0.1) is 0 Å². The number of nitrogens with one attached hydrogen (secondary N) is 2. The molecule has 0 atom stereocenters. The molecule has 2 aromatic rings. The fraction of sp³-hybridized carbons (Fsp3) is 0.286. The summed E-state index contributed by atoms with van der Waals surface area (Å²) >= 11 is 0. The number of nitrogens with zero attached hydrogens (tertiary/aromatic N) is 1. The van der Waals surface area contributed by atoms with Gasteiger partial charge in [-0.1, -0.05) is 0 Å². The van der Waals surface area contributed by atoms with Crippen molar-refractivity contribution in [3.05, 3.63) is 35.3 Å². The number of hydrogen-bond donors (Lipinski definition) is 2. The van der Waals surface area contributed by atoms with Gasteiger partial charge in [0.1, 0.15) is 17.6 Å². The summed E-state index contributed by atoms with van der Waals surface area (Å²) in [5.41, 5.74) is 0.919. The number of carbonyl (C=O) groups is 1. The number of amides is 1. The minimum absolute atomic E-state index is 0.0324. The number of H-pyrrole nitrogens is 1. The van der Waals surface area contributed by atoms with Crippen molar-refractivity contribution in [2.24, 2.45) is 5.92 Å². The molecule has 1 aromatic heterocycles. The molecule has 2 N–H and O–H groups in total. The maximum absolute atomic E-state index is 13.5. The van der Waals surface area contributed by atoms with Gasteiger partial charge in [-0.3, -0.25) is 4.79 Å². The maximum Gasteiger partial charge on any atom is 0.267 e. The van der Waals surface area contributed by atoms with Crippen molar-refractivity contribution >= 4 is 16.8 Å². The highest BCUT2D eigenvalue weighted by molar-refractivity contribution is 5.99. The first kappa shape index (κ1) is 11.7. The number of hydrogen-bond acceptors (Lipinski definition) is 2. The third kappa shape index (κ3) is 2.17. The Bertz CT molecular complexity index is 695. The quantitative estimate of drug-likeness (QED) is 0.886. The largest absolute Gasteiger partial charge is 0.350 e. The molecule has 0 unspecified atom stereocenters. The van der Waals surface area contributed by atoms with Crippen LogP contribution in [-0.2, 0) is 0 Å². The number of fused-ring (bicyclic) bond motifs is 1. The standard InChI is InChI=1S/C14H12FN3O/c15-11-3-4-12-9(10(11)6-16)5-13(18-12)14(19)17-7-8-1-2-8/h3-5,8,18H,1-2,7H2,(H,17,19). The predicted molar refractivity (Wildman–Crippen MR) is 68.0 cm³/mol. The van der Waals surface area contributed by atoms with Crippen molar-refractivity contribution in [2.75, 3.05) is 6.54 Å². The Balaban J connectivity index is 1.92. The average molecular weight is 257 g/mol. The second-order valence-corrected chi connectivity index (χ2v) is 4.83. The van der Waals surface area contributed by atoms with Crippen LogP contribution in [0.5, 0.6) is 0 Å². The first-order valence-electron chi connectivity index (χ1n) is 6.18. The van der Waals surface area contributed by atoms with Crippen LogP contribution in [0.4, 0.5) is 4.39 Å². The topological polar surface area (TPSA) is 68.7 Å². The molecule has 0 spiro atoms. The van der Waals surface area contributed by atoms with E-state index in [4.69, 9.17) is 5.26 Å². The van der Waals surface area contributed by atoms with Crippen LogP contribution < -0.4 is 5.32 Å². The summed E-state index contributed by atoms with van der Waals surface area (Å²) in [4.78, 5) is 14.8. The van der Waals surface area contributed by atoms with Crippen molar-refractivity contribution in [2.45, 2.75) is 12.8 Å². The van der Waals surface area contributed by atoms with E-state index in [1.165, 1.54) is 18.2 Å². The molecule has 19 heavy (non-hydrogen) atoms. The van der Waals surface area contributed by atoms with Gasteiger partial charge in [0.15, 0.2) is 0 Å². The van der Waals surface area contributed by atoms with E-state index in [0.717, 1.165) is 12.8 Å². The molecule has 0 aliphatic heterocycles. The summed E-state index contributed by atoms with van der Waals surface area (Å²) in [5.74, 6) is -0.188. The summed E-state index contributed by atoms with van der Waals surface area (Å²) < 4.78 is 13.5. The van der Waals surface area contributed by atoms with E-state index < -0.39 is 5.82 Å². The van der Waals surface area contributed by atoms with E-state index in [9.17, 15) is 9.18 Å². The lowest BCUT2D eigenvalue weighted by atomic mass is 10.1. The van der Waals surface area contributed by atoms with Crippen LogP contribution in [-0.4, -0.2) is 17.4 Å². The van der Waals surface area contributed by atoms with Gasteiger partial charge >= 0.3 is 0 Å². The fourth-order valence-corrected chi connectivity index (χ4v) is 2.07. The summed E-state index contributed by atoms with van der Waals surface area (Å²) in [6.45, 7) is 0.674. The molecule has 0 bridgehead atoms. The molecule has 1 aliphatic carbocycles. The van der Waals surface area contributed by atoms with Crippen LogP contribution in [0.25, 0.3) is 10.9 Å². The SMILES string of the molecule is N#Cc1c(F)ccc2[nH]c(C(=O)NCC3CC3)cc12. The summed E-state index contributed by atoms with van der Waals surface area (Å²) in [6.07, 6.45) is 2.33. The van der Waals surface area contributed by atoms with E-state index in [1.54, 1.807) is 0 Å². The number of carbonyl (C=O) groups excluding carboxylic acids is 1. The Morgan fingerprint density at radius 2 is 2.32 bits per heavy atom. The number of benzene rings is 1. The third-order valence-corrected chi connectivity index (χ3v) is 3.36. The molecule has 1 saturated carbocycles. The van der Waals surface area contributed by atoms with Crippen LogP contribution >= 0.6 is 0 Å². The second-order valence-electron chi connectivity index (χ2n) is 4.83. The van der Waals surface area contributed by atoms with E-state index in [-0.39, 0.29) is 11.5 Å². The van der Waals surface area contributed by atoms with Crippen LogP contribution in [0.2, 0.25) is 0 Å². The molecule has 1 amide bonds. The van der Waals surface area contributed by atoms with E-state index >= 15 is 0 Å². The first-order chi connectivity index (χ1) is 9.19. The molecule has 0 saturated heterocycles. The predicted octanol–water partition coefficient (Wildman–Crippen LogP) is 2.32. The van der Waals surface area contributed by atoms with Gasteiger partial charge < -0.3 is 10.3 Å². The Kier molecular flexibility index (Phi) is 2.71. The van der Waals surface area contributed by atoms with Gasteiger partial charge in [0.05, 0.1) is 5.56 Å². The lowest BCUT2D eigenvalue weighted by Gasteiger charge is -2.00. The second kappa shape index (κ2) is 4.39. The highest BCUT2D eigenvalue weighted by Gasteiger charge is 2.22. The molecule has 1 fully saturated rings. The van der Waals surface area contributed by atoms with Gasteiger partial charge in [0, 0.05) is 17.4 Å². The van der Waals surface area contributed by atoms with Gasteiger partial charge in [-0.25, -0.2) is 4.39 Å². The van der Waals surface area contributed by atoms with Crippen LogP contribution in [0.15, 0.2) is 18.2 Å². The monoisotopic (exact) mass is 257 g/mol. The molecular formula is C14H12FN3O. The number of aromatic amines is 1. The average Bonchev–Trinajstić information content (AvgIpc) is 3.13. The normalized spacial score (nSPS) is 14.3. The number of aromatic nitrogens is 1. The van der Waals surface area contributed by atoms with Gasteiger partial charge in [-0.05, 0) is 37.0 Å². The molecule has 1 aliphatic rings. The third-order valence-electron chi connectivity index (χ3n) is 3.36. The number of halogens is 1. The van der Waals surface area contributed by atoms with Gasteiger partial charge in [0.2, 0.25) is 0 Å². The van der Waals surface area contributed by atoms with E-state index in [0.29, 0.717) is 29.1 Å². The van der Waals surface area contributed by atoms with Crippen molar-refractivity contribution < 1.29 is 9.18 Å². The Morgan fingerprint density at radius 1 is 1.53 bits per heavy atom. The van der Waals surface area contributed by atoms with Gasteiger partial charge in [0.25, 0.3) is 5.91 Å². The summed E-state index contributed by atoms with van der Waals surface area (Å²) in [7, 11) is 0. The van der Waals surface area contributed by atoms with Crippen LogP contribution in [0.3, 0.4) is 0 Å². The Hall–Kier alpha value is -2.35. The Labute approximate surface area is 109 Å². The summed E-state index contributed by atoms with van der Waals surface area (Å²) in [5, 5.41) is 12.2. The zero-order valence-corrected chi connectivity index (χ0v) is 10.2. The molecule has 96 valence electrons. The van der Waals surface area contributed by atoms with Crippen molar-refractivity contribution in [1.29, 1.82) is 5.26 Å². The van der Waals surface area contributed by atoms with Crippen molar-refractivity contribution in [1.82, 2.24) is 10.3 Å². The minimum Gasteiger partial charge on any atom is -0.350 e. The van der Waals surface area contributed by atoms with Crippen molar-refractivity contribution in [3.63, 3.8) is 0 Å². The summed E-state index contributed by atoms with van der Waals surface area (Å²) in [6, 6.07) is 6.11. The molecule has 1 aromatic carbocycles. The molecule has 1 heterocycles. The number of nitriles is 1. The smallest absolute Gasteiger partial charge is 0.267 e. The molecular weight excluding hydrogens is 245 g/mol. The zero-order valence-electron chi connectivity index (χ0n) is 10.2. The van der Waals surface area contributed by atoms with Crippen molar-refractivity contribution in [3.8, 4) is 6.07 Å². The molecule has 3 rings (SSSR count). The highest BCUT2D eigenvalue weighted by Crippen LogP contribution is 2.28. The Morgan fingerprint density at radius 3 is 3.00 bits per heavy atom. The zero-order chi connectivity index (χ0) is 13.4. The maximum atomic E-state index is 13.5. The first-order valence-corrected chi connectivity index (χ1v) is 6.18. The van der Waals surface area contributed by atoms with Gasteiger partial charge in [-0.2, -0.15) is 5.26 Å². The molecule has 0 radical (unpaired) electrons. The fourth-order valence-electron chi connectivity index (χ4n) is 2.07. The lowest BCUT2D eigenvalue weighted by molar-refractivity contribution is 0.0947. The lowest BCUT2D eigenvalue weighted by Crippen LogP contribution is -2.25. The van der Waals surface area contributed by atoms with E-state index in [1.807, 2.05) is 6.07 Å². The van der Waals surface area contributed by atoms with Crippen LogP contribution in [0, 0.1) is 23.1 Å². The molecule has 5 heteroatoms. The minimum atomic E-state index is -0.570.